The summed E-state index contributed by atoms with van der Waals surface area (Å²) in [5, 5.41) is 10.7. The number of hydrogen-bond donors (Lipinski definition) is 2. The average Bonchev–Trinajstić information content (AvgIpc) is 3.02. The van der Waals surface area contributed by atoms with Crippen molar-refractivity contribution in [2.45, 2.75) is 12.3 Å². The molecule has 0 saturated carbocycles. The van der Waals surface area contributed by atoms with Gasteiger partial charge in [-0.25, -0.2) is 0 Å². The van der Waals surface area contributed by atoms with Gasteiger partial charge >= 0.3 is 0 Å². The number of carbonyl (C=O) groups excluding carboxylic acids is 1. The smallest absolute Gasteiger partial charge is 0.240 e. The van der Waals surface area contributed by atoms with Crippen molar-refractivity contribution in [2.75, 3.05) is 14.2 Å². The van der Waals surface area contributed by atoms with Crippen molar-refractivity contribution in [1.29, 1.82) is 0 Å². The molecule has 0 aliphatic heterocycles. The number of rotatable bonds is 5. The third kappa shape index (κ3) is 3.04. The molecule has 5 nitrogen and oxygen atoms in total. The third-order valence-corrected chi connectivity index (χ3v) is 4.02. The van der Waals surface area contributed by atoms with Crippen LogP contribution in [0.15, 0.2) is 48.5 Å². The Bertz CT molecular complexity index is 812. The Morgan fingerprint density at radius 1 is 1.22 bits per heavy atom. The summed E-state index contributed by atoms with van der Waals surface area (Å²) in [4.78, 5) is 12.0. The first-order valence-corrected chi connectivity index (χ1v) is 7.50. The summed E-state index contributed by atoms with van der Waals surface area (Å²) in [7, 11) is 3.26. The largest absolute Gasteiger partial charge is 0.480 e. The van der Waals surface area contributed by atoms with Gasteiger partial charge in [0, 0.05) is 19.4 Å². The Morgan fingerprint density at radius 3 is 2.70 bits per heavy atom. The zero-order valence-electron chi connectivity index (χ0n) is 13.2. The molecule has 23 heavy (non-hydrogen) atoms. The second-order valence-corrected chi connectivity index (χ2v) is 5.38. The topological polar surface area (TPSA) is 67.0 Å². The van der Waals surface area contributed by atoms with Gasteiger partial charge in [-0.05, 0) is 23.3 Å². The van der Waals surface area contributed by atoms with Crippen LogP contribution in [0.2, 0.25) is 0 Å². The van der Waals surface area contributed by atoms with Gasteiger partial charge in [0.25, 0.3) is 0 Å². The molecule has 0 bridgehead atoms. The molecule has 118 valence electrons. The van der Waals surface area contributed by atoms with Crippen molar-refractivity contribution in [2.24, 2.45) is 0 Å². The second-order valence-electron chi connectivity index (χ2n) is 5.38. The molecule has 0 aliphatic carbocycles. The predicted molar refractivity (Wildman–Crippen MR) is 89.6 cm³/mol. The standard InChI is InChI=1S/C18H19N3O2/c1-19-17(22)11-14(12-6-4-3-5-7-12)13-8-9-16-15(10-13)18(23-2)21-20-16/h3-10,14H,11H2,1-2H3,(H,19,22)(H,20,21). The number of hydrogen-bond acceptors (Lipinski definition) is 3. The van der Waals surface area contributed by atoms with E-state index in [1.165, 1.54) is 0 Å². The van der Waals surface area contributed by atoms with Crippen LogP contribution < -0.4 is 10.1 Å². The Hall–Kier alpha value is -2.82. The van der Waals surface area contributed by atoms with Crippen LogP contribution in [-0.4, -0.2) is 30.3 Å². The second kappa shape index (κ2) is 6.52. The monoisotopic (exact) mass is 309 g/mol. The van der Waals surface area contributed by atoms with Gasteiger partial charge in [0.05, 0.1) is 18.0 Å². The van der Waals surface area contributed by atoms with E-state index in [0.29, 0.717) is 12.3 Å². The van der Waals surface area contributed by atoms with Crippen LogP contribution in [0.1, 0.15) is 23.5 Å². The minimum atomic E-state index is -0.0137. The fourth-order valence-corrected chi connectivity index (χ4v) is 2.78. The van der Waals surface area contributed by atoms with Crippen molar-refractivity contribution in [3.8, 4) is 5.88 Å². The Morgan fingerprint density at radius 2 is 2.00 bits per heavy atom. The van der Waals surface area contributed by atoms with Gasteiger partial charge in [-0.15, -0.1) is 5.10 Å². The van der Waals surface area contributed by atoms with Gasteiger partial charge in [-0.3, -0.25) is 9.89 Å². The summed E-state index contributed by atoms with van der Waals surface area (Å²) in [5.41, 5.74) is 3.09. The van der Waals surface area contributed by atoms with Crippen molar-refractivity contribution in [3.63, 3.8) is 0 Å². The van der Waals surface area contributed by atoms with Crippen LogP contribution in [0.25, 0.3) is 10.9 Å². The van der Waals surface area contributed by atoms with E-state index < -0.39 is 0 Å². The van der Waals surface area contributed by atoms with Crippen LogP contribution in [0.3, 0.4) is 0 Å². The molecule has 3 rings (SSSR count). The highest BCUT2D eigenvalue weighted by Gasteiger charge is 2.19. The van der Waals surface area contributed by atoms with E-state index in [2.05, 4.69) is 15.5 Å². The predicted octanol–water partition coefficient (Wildman–Crippen LogP) is 2.84. The lowest BCUT2D eigenvalue weighted by molar-refractivity contribution is -0.120. The number of aromatic nitrogens is 2. The molecule has 2 N–H and O–H groups in total. The Labute approximate surface area is 134 Å². The number of amides is 1. The summed E-state index contributed by atoms with van der Waals surface area (Å²) in [6.45, 7) is 0. The highest BCUT2D eigenvalue weighted by molar-refractivity contribution is 5.85. The van der Waals surface area contributed by atoms with Crippen LogP contribution >= 0.6 is 0 Å². The van der Waals surface area contributed by atoms with E-state index in [4.69, 9.17) is 4.74 Å². The zero-order chi connectivity index (χ0) is 16.2. The first-order chi connectivity index (χ1) is 11.2. The maximum atomic E-state index is 12.0. The first-order valence-electron chi connectivity index (χ1n) is 7.50. The van der Waals surface area contributed by atoms with Crippen molar-refractivity contribution in [1.82, 2.24) is 15.5 Å². The molecule has 2 aromatic carbocycles. The molecular weight excluding hydrogens is 290 g/mol. The molecule has 3 aromatic rings. The van der Waals surface area contributed by atoms with Gasteiger partial charge in [0.15, 0.2) is 0 Å². The van der Waals surface area contributed by atoms with E-state index >= 15 is 0 Å². The molecule has 0 fully saturated rings. The minimum absolute atomic E-state index is 0.0121. The number of H-pyrrole nitrogens is 1. The number of methoxy groups -OCH3 is 1. The average molecular weight is 309 g/mol. The zero-order valence-corrected chi connectivity index (χ0v) is 13.2. The van der Waals surface area contributed by atoms with Gasteiger partial charge in [-0.2, -0.15) is 0 Å². The highest BCUT2D eigenvalue weighted by atomic mass is 16.5. The lowest BCUT2D eigenvalue weighted by atomic mass is 9.87. The maximum Gasteiger partial charge on any atom is 0.240 e. The fourth-order valence-electron chi connectivity index (χ4n) is 2.78. The molecule has 0 saturated heterocycles. The van der Waals surface area contributed by atoms with Crippen molar-refractivity contribution < 1.29 is 9.53 Å². The number of carbonyl (C=O) groups is 1. The minimum Gasteiger partial charge on any atom is -0.480 e. The molecule has 1 unspecified atom stereocenters. The summed E-state index contributed by atoms with van der Waals surface area (Å²) in [5.74, 6) is 0.562. The fraction of sp³-hybridized carbons (Fsp3) is 0.222. The van der Waals surface area contributed by atoms with Gasteiger partial charge in [0.2, 0.25) is 11.8 Å². The molecular formula is C18H19N3O2. The molecule has 1 aromatic heterocycles. The van der Waals surface area contributed by atoms with Crippen molar-refractivity contribution in [3.05, 3.63) is 59.7 Å². The van der Waals surface area contributed by atoms with E-state index in [1.807, 2.05) is 48.5 Å². The third-order valence-electron chi connectivity index (χ3n) is 4.02. The summed E-state index contributed by atoms with van der Waals surface area (Å²) in [6.07, 6.45) is 0.395. The normalized spacial score (nSPS) is 12.1. The van der Waals surface area contributed by atoms with E-state index in [9.17, 15) is 4.79 Å². The summed E-state index contributed by atoms with van der Waals surface area (Å²) < 4.78 is 5.29. The van der Waals surface area contributed by atoms with E-state index in [0.717, 1.165) is 22.0 Å². The number of nitrogens with one attached hydrogen (secondary N) is 2. The number of benzene rings is 2. The van der Waals surface area contributed by atoms with Crippen LogP contribution in [0.5, 0.6) is 5.88 Å². The Balaban J connectivity index is 2.06. The maximum absolute atomic E-state index is 12.0. The number of ether oxygens (including phenoxy) is 1. The number of fused-ring (bicyclic) bond motifs is 1. The molecule has 0 spiro atoms. The van der Waals surface area contributed by atoms with Gasteiger partial charge < -0.3 is 10.1 Å². The molecule has 5 heteroatoms. The molecule has 1 amide bonds. The van der Waals surface area contributed by atoms with Crippen LogP contribution in [-0.2, 0) is 4.79 Å². The summed E-state index contributed by atoms with van der Waals surface area (Å²) >= 11 is 0. The van der Waals surface area contributed by atoms with Gasteiger partial charge in [-0.1, -0.05) is 36.4 Å². The molecule has 1 heterocycles. The summed E-state index contributed by atoms with van der Waals surface area (Å²) in [6, 6.07) is 16.1. The van der Waals surface area contributed by atoms with Crippen LogP contribution in [0, 0.1) is 0 Å². The number of aromatic amines is 1. The Kier molecular flexibility index (Phi) is 4.28. The lowest BCUT2D eigenvalue weighted by Gasteiger charge is -2.17. The number of nitrogens with zero attached hydrogens (tertiary/aromatic N) is 1. The quantitative estimate of drug-likeness (QED) is 0.761. The molecule has 1 atom stereocenters. The van der Waals surface area contributed by atoms with E-state index in [-0.39, 0.29) is 11.8 Å². The van der Waals surface area contributed by atoms with Gasteiger partial charge in [0.1, 0.15) is 0 Å². The van der Waals surface area contributed by atoms with Crippen LogP contribution in [0.4, 0.5) is 0 Å². The molecule has 0 radical (unpaired) electrons. The van der Waals surface area contributed by atoms with E-state index in [1.54, 1.807) is 14.2 Å². The highest BCUT2D eigenvalue weighted by Crippen LogP contribution is 2.32. The van der Waals surface area contributed by atoms with Crippen molar-refractivity contribution >= 4 is 16.8 Å². The lowest BCUT2D eigenvalue weighted by Crippen LogP contribution is -2.21. The molecule has 0 aliphatic rings. The first kappa shape index (κ1) is 15.1. The SMILES string of the molecule is CNC(=O)CC(c1ccccc1)c1ccc2[nH]nc(OC)c2c1.